The molecule has 4 aliphatic rings. The van der Waals surface area contributed by atoms with Gasteiger partial charge in [0, 0.05) is 17.8 Å². The van der Waals surface area contributed by atoms with Crippen LogP contribution in [0.4, 0.5) is 0 Å². The molecule has 0 aromatic rings. The van der Waals surface area contributed by atoms with E-state index in [0.717, 1.165) is 6.42 Å². The number of epoxide rings is 1. The highest BCUT2D eigenvalue weighted by atomic mass is 16.6. The number of carbonyl (C=O) groups is 2. The van der Waals surface area contributed by atoms with Gasteiger partial charge in [-0.25, -0.2) is 0 Å². The van der Waals surface area contributed by atoms with Gasteiger partial charge in [-0.05, 0) is 13.3 Å². The first kappa shape index (κ1) is 8.36. The van der Waals surface area contributed by atoms with Crippen molar-refractivity contribution in [3.63, 3.8) is 0 Å². The fraction of sp³-hybridized carbons (Fsp3) is 0.636. The number of hydrogen-bond donors (Lipinski definition) is 0. The molecule has 14 heavy (non-hydrogen) atoms. The van der Waals surface area contributed by atoms with Gasteiger partial charge in [-0.3, -0.25) is 9.59 Å². The lowest BCUT2D eigenvalue weighted by atomic mass is 9.62. The second-order valence-electron chi connectivity index (χ2n) is 4.51. The Bertz CT molecular complexity index is 352. The number of fused-ring (bicyclic) bond motifs is 1. The maximum atomic E-state index is 12.0. The predicted octanol–water partition coefficient (Wildman–Crippen LogP) is 0.736. The fourth-order valence-corrected chi connectivity index (χ4v) is 2.82. The highest BCUT2D eigenvalue weighted by Gasteiger charge is 2.64. The van der Waals surface area contributed by atoms with Gasteiger partial charge < -0.3 is 4.74 Å². The lowest BCUT2D eigenvalue weighted by Crippen LogP contribution is -2.50. The summed E-state index contributed by atoms with van der Waals surface area (Å²) in [5, 5.41) is 0. The summed E-state index contributed by atoms with van der Waals surface area (Å²) >= 11 is 0. The molecule has 4 rings (SSSR count). The van der Waals surface area contributed by atoms with Crippen LogP contribution in [-0.2, 0) is 14.3 Å². The van der Waals surface area contributed by atoms with E-state index in [2.05, 4.69) is 6.08 Å². The van der Waals surface area contributed by atoms with E-state index in [1.165, 1.54) is 0 Å². The first-order valence-corrected chi connectivity index (χ1v) is 5.02. The number of allylic oxidation sites excluding steroid dienone is 1. The minimum Gasteiger partial charge on any atom is -0.361 e. The Morgan fingerprint density at radius 1 is 1.57 bits per heavy atom. The molecule has 0 amide bonds. The van der Waals surface area contributed by atoms with Crippen LogP contribution in [0.25, 0.3) is 0 Å². The predicted molar refractivity (Wildman–Crippen MR) is 48.6 cm³/mol. The molecule has 3 nitrogen and oxygen atoms in total. The van der Waals surface area contributed by atoms with Crippen LogP contribution in [0.3, 0.4) is 0 Å². The zero-order valence-electron chi connectivity index (χ0n) is 8.03. The average Bonchev–Trinajstić information content (AvgIpc) is 2.94. The minimum atomic E-state index is -0.509. The standard InChI is InChI=1S/C11H12O3/c1-6(12)9-4-7-2-3-8(9)10(13)11(7)5-14-11/h2-3,7-9H,4-5H2,1H3. The molecule has 0 aromatic heterocycles. The molecule has 74 valence electrons. The zero-order valence-corrected chi connectivity index (χ0v) is 8.03. The summed E-state index contributed by atoms with van der Waals surface area (Å²) in [6.45, 7) is 2.13. The molecule has 1 spiro atoms. The van der Waals surface area contributed by atoms with Crippen LogP contribution in [-0.4, -0.2) is 23.8 Å². The van der Waals surface area contributed by atoms with E-state index in [1.807, 2.05) is 6.08 Å². The van der Waals surface area contributed by atoms with Crippen LogP contribution in [0.5, 0.6) is 0 Å². The van der Waals surface area contributed by atoms with E-state index in [0.29, 0.717) is 6.61 Å². The van der Waals surface area contributed by atoms with Crippen LogP contribution in [0.15, 0.2) is 12.2 Å². The molecule has 4 atom stereocenters. The van der Waals surface area contributed by atoms with Crippen molar-refractivity contribution in [1.82, 2.24) is 0 Å². The Balaban J connectivity index is 2.00. The average molecular weight is 192 g/mol. The van der Waals surface area contributed by atoms with Crippen LogP contribution in [0.1, 0.15) is 13.3 Å². The normalized spacial score (nSPS) is 48.6. The summed E-state index contributed by atoms with van der Waals surface area (Å²) in [5.74, 6) is 0.117. The third kappa shape index (κ3) is 0.811. The van der Waals surface area contributed by atoms with Gasteiger partial charge in [-0.1, -0.05) is 12.2 Å². The van der Waals surface area contributed by atoms with Crippen molar-refractivity contribution in [3.05, 3.63) is 12.2 Å². The second kappa shape index (κ2) is 2.34. The summed E-state index contributed by atoms with van der Waals surface area (Å²) in [4.78, 5) is 23.3. The van der Waals surface area contributed by atoms with Gasteiger partial charge in [0.1, 0.15) is 5.78 Å². The maximum absolute atomic E-state index is 12.0. The van der Waals surface area contributed by atoms with Gasteiger partial charge >= 0.3 is 0 Å². The van der Waals surface area contributed by atoms with Gasteiger partial charge in [0.05, 0.1) is 6.61 Å². The Morgan fingerprint density at radius 3 is 2.79 bits per heavy atom. The van der Waals surface area contributed by atoms with Gasteiger partial charge in [0.15, 0.2) is 11.4 Å². The first-order chi connectivity index (χ1) is 6.65. The summed E-state index contributed by atoms with van der Waals surface area (Å²) in [6.07, 6.45) is 4.75. The highest BCUT2D eigenvalue weighted by Crippen LogP contribution is 2.52. The Morgan fingerprint density at radius 2 is 2.29 bits per heavy atom. The van der Waals surface area contributed by atoms with Crippen molar-refractivity contribution in [2.75, 3.05) is 6.61 Å². The topological polar surface area (TPSA) is 46.7 Å². The molecule has 1 saturated heterocycles. The summed E-state index contributed by atoms with van der Waals surface area (Å²) in [6, 6.07) is 0. The second-order valence-corrected chi connectivity index (χ2v) is 4.51. The summed E-state index contributed by atoms with van der Waals surface area (Å²) < 4.78 is 5.30. The van der Waals surface area contributed by atoms with E-state index in [1.54, 1.807) is 6.92 Å². The molecule has 2 bridgehead atoms. The van der Waals surface area contributed by atoms with Crippen molar-refractivity contribution < 1.29 is 14.3 Å². The van der Waals surface area contributed by atoms with Gasteiger partial charge in [-0.15, -0.1) is 0 Å². The van der Waals surface area contributed by atoms with Crippen molar-refractivity contribution in [3.8, 4) is 0 Å². The Kier molecular flexibility index (Phi) is 1.40. The summed E-state index contributed by atoms with van der Waals surface area (Å²) in [7, 11) is 0. The Hall–Kier alpha value is -0.960. The molecular formula is C11H12O3. The summed E-state index contributed by atoms with van der Waals surface area (Å²) in [5.41, 5.74) is -0.509. The van der Waals surface area contributed by atoms with E-state index >= 15 is 0 Å². The quantitative estimate of drug-likeness (QED) is 0.454. The number of hydrogen-bond acceptors (Lipinski definition) is 3. The minimum absolute atomic E-state index is 0.0904. The number of carbonyl (C=O) groups excluding carboxylic acids is 2. The lowest BCUT2D eigenvalue weighted by Gasteiger charge is -2.39. The fourth-order valence-electron chi connectivity index (χ4n) is 2.82. The molecule has 4 unspecified atom stereocenters. The number of rotatable bonds is 1. The molecule has 1 heterocycles. The van der Waals surface area contributed by atoms with Gasteiger partial charge in [-0.2, -0.15) is 0 Å². The first-order valence-electron chi connectivity index (χ1n) is 5.02. The maximum Gasteiger partial charge on any atom is 0.175 e. The SMILES string of the molecule is CC(=O)C1CC2C=CC1C(=O)C21CO1. The monoisotopic (exact) mass is 192 g/mol. The van der Waals surface area contributed by atoms with E-state index in [4.69, 9.17) is 4.74 Å². The van der Waals surface area contributed by atoms with Crippen molar-refractivity contribution in [2.45, 2.75) is 18.9 Å². The third-order valence-corrected chi connectivity index (χ3v) is 3.79. The molecular weight excluding hydrogens is 180 g/mol. The van der Waals surface area contributed by atoms with E-state index < -0.39 is 5.60 Å². The molecule has 0 aromatic carbocycles. The van der Waals surface area contributed by atoms with Crippen molar-refractivity contribution in [2.24, 2.45) is 17.8 Å². The third-order valence-electron chi connectivity index (χ3n) is 3.79. The highest BCUT2D eigenvalue weighted by molar-refractivity contribution is 5.99. The molecule has 0 radical (unpaired) electrons. The molecule has 3 heteroatoms. The van der Waals surface area contributed by atoms with Crippen molar-refractivity contribution >= 4 is 11.6 Å². The van der Waals surface area contributed by atoms with Crippen LogP contribution in [0, 0.1) is 17.8 Å². The molecule has 1 saturated carbocycles. The molecule has 0 N–H and O–H groups in total. The van der Waals surface area contributed by atoms with E-state index in [9.17, 15) is 9.59 Å². The van der Waals surface area contributed by atoms with Crippen LogP contribution < -0.4 is 0 Å². The largest absolute Gasteiger partial charge is 0.361 e. The molecule has 2 fully saturated rings. The van der Waals surface area contributed by atoms with Crippen molar-refractivity contribution in [1.29, 1.82) is 0 Å². The Labute approximate surface area is 82.1 Å². The lowest BCUT2D eigenvalue weighted by molar-refractivity contribution is -0.139. The molecule has 3 aliphatic carbocycles. The van der Waals surface area contributed by atoms with Gasteiger partial charge in [0.25, 0.3) is 0 Å². The molecule has 1 aliphatic heterocycles. The number of ketones is 2. The smallest absolute Gasteiger partial charge is 0.175 e. The number of ether oxygens (including phenoxy) is 1. The van der Waals surface area contributed by atoms with E-state index in [-0.39, 0.29) is 29.3 Å². The van der Waals surface area contributed by atoms with Crippen LogP contribution in [0.2, 0.25) is 0 Å². The van der Waals surface area contributed by atoms with Crippen LogP contribution >= 0.6 is 0 Å². The van der Waals surface area contributed by atoms with Gasteiger partial charge in [0.2, 0.25) is 0 Å². The zero-order chi connectivity index (χ0) is 9.92. The number of Topliss-reactive ketones (excluding diaryl/α,β-unsaturated/α-hetero) is 2.